The van der Waals surface area contributed by atoms with E-state index in [0.717, 1.165) is 43.4 Å². The maximum absolute atomic E-state index is 12.3. The number of likely N-dealkylation sites (tertiary alicyclic amines) is 1. The number of benzene rings is 1. The zero-order valence-corrected chi connectivity index (χ0v) is 16.2. The van der Waals surface area contributed by atoms with Crippen molar-refractivity contribution in [3.63, 3.8) is 0 Å². The number of hydrogen-bond acceptors (Lipinski definition) is 4. The number of carbonyl (C=O) groups excluding carboxylic acids is 1. The molecule has 2 aromatic rings. The molecular weight excluding hydrogens is 352 g/mol. The molecule has 1 aliphatic heterocycles. The molecule has 2 heterocycles. The van der Waals surface area contributed by atoms with Crippen LogP contribution in [0.1, 0.15) is 46.1 Å². The van der Waals surface area contributed by atoms with Gasteiger partial charge in [-0.15, -0.1) is 0 Å². The zero-order valence-electron chi connectivity index (χ0n) is 15.5. The van der Waals surface area contributed by atoms with Gasteiger partial charge in [0.15, 0.2) is 0 Å². The number of para-hydroxylation sites is 1. The van der Waals surface area contributed by atoms with Crippen LogP contribution in [-0.2, 0) is 4.74 Å². The van der Waals surface area contributed by atoms with Crippen molar-refractivity contribution >= 4 is 34.7 Å². The summed E-state index contributed by atoms with van der Waals surface area (Å²) in [6.45, 7) is 7.20. The minimum Gasteiger partial charge on any atom is -0.444 e. The van der Waals surface area contributed by atoms with E-state index in [1.807, 2.05) is 43.9 Å². The first-order chi connectivity index (χ1) is 12.2. The number of hydrogen-bond donors (Lipinski definition) is 1. The van der Waals surface area contributed by atoms with E-state index in [0.29, 0.717) is 17.0 Å². The quantitative estimate of drug-likeness (QED) is 0.808. The van der Waals surface area contributed by atoms with Gasteiger partial charge in [-0.1, -0.05) is 17.7 Å². The van der Waals surface area contributed by atoms with Crippen molar-refractivity contribution in [2.24, 2.45) is 5.41 Å². The molecule has 1 spiro atoms. The largest absolute Gasteiger partial charge is 0.444 e. The summed E-state index contributed by atoms with van der Waals surface area (Å²) in [4.78, 5) is 18.6. The van der Waals surface area contributed by atoms with E-state index < -0.39 is 5.60 Å². The maximum atomic E-state index is 12.3. The molecule has 2 N–H and O–H groups in total. The smallest absolute Gasteiger partial charge is 0.410 e. The van der Waals surface area contributed by atoms with E-state index in [2.05, 4.69) is 9.55 Å². The molecule has 1 aliphatic carbocycles. The molecule has 7 heteroatoms. The third-order valence-electron chi connectivity index (χ3n) is 5.49. The topological polar surface area (TPSA) is 73.4 Å². The number of amides is 1. The first kappa shape index (κ1) is 17.5. The summed E-state index contributed by atoms with van der Waals surface area (Å²) in [5, 5.41) is 0.624. The van der Waals surface area contributed by atoms with Gasteiger partial charge in [0.25, 0.3) is 0 Å². The number of imidazole rings is 1. The van der Waals surface area contributed by atoms with Gasteiger partial charge in [-0.05, 0) is 57.6 Å². The highest BCUT2D eigenvalue weighted by Crippen LogP contribution is 2.55. The number of fused-ring (bicyclic) bond motifs is 1. The molecule has 0 atom stereocenters. The number of nitrogens with zero attached hydrogens (tertiary/aromatic N) is 3. The van der Waals surface area contributed by atoms with E-state index in [4.69, 9.17) is 22.1 Å². The molecule has 1 saturated heterocycles. The molecule has 1 aromatic heterocycles. The highest BCUT2D eigenvalue weighted by atomic mass is 35.5. The average Bonchev–Trinajstić information content (AvgIpc) is 3.06. The molecule has 0 radical (unpaired) electrons. The van der Waals surface area contributed by atoms with Crippen LogP contribution in [0.25, 0.3) is 11.0 Å². The number of carbonyl (C=O) groups is 1. The van der Waals surface area contributed by atoms with Gasteiger partial charge in [0.05, 0.1) is 10.5 Å². The Hall–Kier alpha value is -1.95. The highest BCUT2D eigenvalue weighted by Gasteiger charge is 2.51. The second-order valence-electron chi connectivity index (χ2n) is 8.66. The van der Waals surface area contributed by atoms with Crippen LogP contribution in [0.4, 0.5) is 10.7 Å². The van der Waals surface area contributed by atoms with E-state index in [9.17, 15) is 4.79 Å². The van der Waals surface area contributed by atoms with Crippen LogP contribution in [-0.4, -0.2) is 39.2 Å². The Morgan fingerprint density at radius 1 is 1.38 bits per heavy atom. The number of aromatic nitrogens is 2. The molecular formula is C19H25ClN4O2. The van der Waals surface area contributed by atoms with Gasteiger partial charge in [0, 0.05) is 19.1 Å². The van der Waals surface area contributed by atoms with E-state index in [1.54, 1.807) is 0 Å². The number of ether oxygens (including phenoxy) is 1. The van der Waals surface area contributed by atoms with Crippen LogP contribution in [0.5, 0.6) is 0 Å². The molecule has 1 saturated carbocycles. The van der Waals surface area contributed by atoms with Crippen LogP contribution in [0, 0.1) is 5.41 Å². The Morgan fingerprint density at radius 2 is 2.12 bits per heavy atom. The predicted octanol–water partition coefficient (Wildman–Crippen LogP) is 4.23. The predicted molar refractivity (Wildman–Crippen MR) is 102 cm³/mol. The Bertz CT molecular complexity index is 864. The fourth-order valence-electron chi connectivity index (χ4n) is 4.36. The summed E-state index contributed by atoms with van der Waals surface area (Å²) in [5.41, 5.74) is 7.63. The lowest BCUT2D eigenvalue weighted by molar-refractivity contribution is 0.0200. The van der Waals surface area contributed by atoms with Crippen LogP contribution in [0.2, 0.25) is 5.02 Å². The van der Waals surface area contributed by atoms with Crippen molar-refractivity contribution in [2.75, 3.05) is 18.8 Å². The first-order valence-corrected chi connectivity index (χ1v) is 9.45. The van der Waals surface area contributed by atoms with E-state index in [1.165, 1.54) is 0 Å². The molecule has 6 nitrogen and oxygen atoms in total. The number of halogens is 1. The standard InChI is InChI=1S/C19H25ClN4O2/c1-18(2,3)26-17(25)23-8-7-19(11-23)9-12(10-19)24-14-6-4-5-13(20)15(14)22-16(24)21/h4-6,12H,7-11H2,1-3H3,(H2,21,22)/t12-,19-. The molecule has 140 valence electrons. The van der Waals surface area contributed by atoms with Gasteiger partial charge >= 0.3 is 6.09 Å². The fourth-order valence-corrected chi connectivity index (χ4v) is 4.57. The SMILES string of the molecule is CC(C)(C)OC(=O)N1CC[C@]2(C1)C[C@H](n1c(N)nc3c(Cl)cccc31)C2. The van der Waals surface area contributed by atoms with Crippen LogP contribution in [0.3, 0.4) is 0 Å². The van der Waals surface area contributed by atoms with Crippen molar-refractivity contribution in [1.82, 2.24) is 14.5 Å². The number of nitrogens with two attached hydrogens (primary N) is 1. The minimum atomic E-state index is -0.460. The summed E-state index contributed by atoms with van der Waals surface area (Å²) < 4.78 is 7.61. The average molecular weight is 377 g/mol. The van der Waals surface area contributed by atoms with Crippen LogP contribution < -0.4 is 5.73 Å². The highest BCUT2D eigenvalue weighted by molar-refractivity contribution is 6.35. The Kier molecular flexibility index (Phi) is 3.88. The molecule has 1 aromatic carbocycles. The zero-order chi connectivity index (χ0) is 18.7. The summed E-state index contributed by atoms with van der Waals surface area (Å²) in [7, 11) is 0. The van der Waals surface area contributed by atoms with Gasteiger partial charge in [-0.2, -0.15) is 0 Å². The van der Waals surface area contributed by atoms with Crippen molar-refractivity contribution in [1.29, 1.82) is 0 Å². The second-order valence-corrected chi connectivity index (χ2v) is 9.07. The summed E-state index contributed by atoms with van der Waals surface area (Å²) >= 11 is 6.25. The molecule has 0 bridgehead atoms. The lowest BCUT2D eigenvalue weighted by Gasteiger charge is -2.46. The summed E-state index contributed by atoms with van der Waals surface area (Å²) in [6, 6.07) is 6.07. The number of nitrogen functional groups attached to an aromatic ring is 1. The van der Waals surface area contributed by atoms with Gasteiger partial charge in [0.1, 0.15) is 11.1 Å². The lowest BCUT2D eigenvalue weighted by atomic mass is 9.65. The van der Waals surface area contributed by atoms with Gasteiger partial charge in [-0.25, -0.2) is 9.78 Å². The molecule has 2 fully saturated rings. The van der Waals surface area contributed by atoms with E-state index in [-0.39, 0.29) is 11.5 Å². The monoisotopic (exact) mass is 376 g/mol. The van der Waals surface area contributed by atoms with Gasteiger partial charge in [0.2, 0.25) is 5.95 Å². The van der Waals surface area contributed by atoms with Crippen molar-refractivity contribution in [3.05, 3.63) is 23.2 Å². The fraction of sp³-hybridized carbons (Fsp3) is 0.579. The maximum Gasteiger partial charge on any atom is 0.410 e. The third kappa shape index (κ3) is 2.90. The number of rotatable bonds is 1. The molecule has 0 unspecified atom stereocenters. The van der Waals surface area contributed by atoms with Crippen LogP contribution >= 0.6 is 11.6 Å². The molecule has 4 rings (SSSR count). The molecule has 26 heavy (non-hydrogen) atoms. The first-order valence-electron chi connectivity index (χ1n) is 9.07. The minimum absolute atomic E-state index is 0.170. The Labute approximate surface area is 158 Å². The Balaban J connectivity index is 1.47. The normalized spacial score (nSPS) is 25.7. The number of anilines is 1. The summed E-state index contributed by atoms with van der Waals surface area (Å²) in [6.07, 6.45) is 2.79. The molecule has 2 aliphatic rings. The van der Waals surface area contributed by atoms with Gasteiger partial charge in [-0.3, -0.25) is 0 Å². The second kappa shape index (κ2) is 5.78. The Morgan fingerprint density at radius 3 is 2.81 bits per heavy atom. The molecule has 1 amide bonds. The van der Waals surface area contributed by atoms with E-state index >= 15 is 0 Å². The van der Waals surface area contributed by atoms with Crippen molar-refractivity contribution < 1.29 is 9.53 Å². The van der Waals surface area contributed by atoms with Gasteiger partial charge < -0.3 is 19.9 Å². The summed E-state index contributed by atoms with van der Waals surface area (Å²) in [5.74, 6) is 0.509. The third-order valence-corrected chi connectivity index (χ3v) is 5.80. The van der Waals surface area contributed by atoms with Crippen molar-refractivity contribution in [3.8, 4) is 0 Å². The van der Waals surface area contributed by atoms with Crippen molar-refractivity contribution in [2.45, 2.75) is 51.7 Å². The van der Waals surface area contributed by atoms with Crippen LogP contribution in [0.15, 0.2) is 18.2 Å². The lowest BCUT2D eigenvalue weighted by Crippen LogP contribution is -2.43.